The zero-order valence-electron chi connectivity index (χ0n) is 14.6. The van der Waals surface area contributed by atoms with Gasteiger partial charge in [0.1, 0.15) is 0 Å². The van der Waals surface area contributed by atoms with Crippen molar-refractivity contribution in [3.05, 3.63) is 59.4 Å². The second-order valence-corrected chi connectivity index (χ2v) is 6.08. The number of nitrogens with zero attached hydrogens (tertiary/aromatic N) is 3. The van der Waals surface area contributed by atoms with E-state index < -0.39 is 0 Å². The molecule has 5 nitrogen and oxygen atoms in total. The lowest BCUT2D eigenvalue weighted by Gasteiger charge is -2.08. The van der Waals surface area contributed by atoms with Crippen molar-refractivity contribution in [3.8, 4) is 11.8 Å². The van der Waals surface area contributed by atoms with Crippen molar-refractivity contribution < 1.29 is 4.79 Å². The molecule has 126 valence electrons. The van der Waals surface area contributed by atoms with Gasteiger partial charge in [0.2, 0.25) is 0 Å². The summed E-state index contributed by atoms with van der Waals surface area (Å²) in [5.41, 5.74) is 3.03. The first-order chi connectivity index (χ1) is 12.1. The van der Waals surface area contributed by atoms with Crippen molar-refractivity contribution in [1.29, 1.82) is 0 Å². The molecule has 0 fully saturated rings. The number of carbonyl (C=O) groups excluding carboxylic acids is 1. The Hall–Kier alpha value is -3.13. The highest BCUT2D eigenvalue weighted by Gasteiger charge is 2.16. The molecule has 0 bridgehead atoms. The molecule has 2 aromatic heterocycles. The largest absolute Gasteiger partial charge is 0.341 e. The van der Waals surface area contributed by atoms with E-state index in [9.17, 15) is 4.79 Å². The number of aromatic nitrogens is 3. The molecule has 1 aromatic carbocycles. The summed E-state index contributed by atoms with van der Waals surface area (Å²) in [7, 11) is 0. The number of pyridine rings is 1. The third-order valence-electron chi connectivity index (χ3n) is 3.77. The van der Waals surface area contributed by atoms with E-state index in [1.54, 1.807) is 12.3 Å². The molecule has 25 heavy (non-hydrogen) atoms. The minimum Gasteiger partial charge on any atom is -0.341 e. The molecule has 5 heteroatoms. The standard InChI is InChI=1S/C20H20N4O/c1-14(2)24-19-18(13-22-24)17(12-15(3)23-19)20(25)21-11-7-10-16-8-5-4-6-9-16/h4-6,8-9,12-14H,11H2,1-3H3,(H,21,25). The first-order valence-corrected chi connectivity index (χ1v) is 8.23. The fraction of sp³-hybridized carbons (Fsp3) is 0.250. The highest BCUT2D eigenvalue weighted by atomic mass is 16.1. The SMILES string of the molecule is Cc1cc(C(=O)NCC#Cc2ccccc2)c2cnn(C(C)C)c2n1. The number of rotatable bonds is 3. The van der Waals surface area contributed by atoms with E-state index in [0.29, 0.717) is 5.56 Å². The van der Waals surface area contributed by atoms with Gasteiger partial charge in [0, 0.05) is 17.3 Å². The molecule has 0 saturated carbocycles. The van der Waals surface area contributed by atoms with Crippen LogP contribution < -0.4 is 5.32 Å². The minimum absolute atomic E-state index is 0.166. The molecule has 0 unspecified atom stereocenters. The van der Waals surface area contributed by atoms with E-state index in [0.717, 1.165) is 22.3 Å². The third kappa shape index (κ3) is 3.69. The van der Waals surface area contributed by atoms with E-state index in [-0.39, 0.29) is 18.5 Å². The van der Waals surface area contributed by atoms with Gasteiger partial charge >= 0.3 is 0 Å². The molecule has 0 atom stereocenters. The maximum Gasteiger partial charge on any atom is 0.252 e. The van der Waals surface area contributed by atoms with Crippen molar-refractivity contribution >= 4 is 16.9 Å². The Bertz CT molecular complexity index is 962. The molecule has 0 aliphatic carbocycles. The number of benzene rings is 1. The van der Waals surface area contributed by atoms with Crippen LogP contribution in [0.2, 0.25) is 0 Å². The van der Waals surface area contributed by atoms with Crippen LogP contribution in [0.5, 0.6) is 0 Å². The summed E-state index contributed by atoms with van der Waals surface area (Å²) in [5, 5.41) is 7.97. The van der Waals surface area contributed by atoms with Gasteiger partial charge in [-0.2, -0.15) is 5.10 Å². The molecule has 3 rings (SSSR count). The van der Waals surface area contributed by atoms with Crippen molar-refractivity contribution in [2.45, 2.75) is 26.8 Å². The second-order valence-electron chi connectivity index (χ2n) is 6.08. The van der Waals surface area contributed by atoms with Crippen molar-refractivity contribution in [2.75, 3.05) is 6.54 Å². The number of amides is 1. The van der Waals surface area contributed by atoms with Gasteiger partial charge in [-0.1, -0.05) is 30.0 Å². The molecular formula is C20H20N4O. The predicted molar refractivity (Wildman–Crippen MR) is 98.3 cm³/mol. The van der Waals surface area contributed by atoms with Crippen LogP contribution in [0.15, 0.2) is 42.6 Å². The van der Waals surface area contributed by atoms with Crippen molar-refractivity contribution in [2.24, 2.45) is 0 Å². The highest BCUT2D eigenvalue weighted by Crippen LogP contribution is 2.20. The van der Waals surface area contributed by atoms with Crippen LogP contribution in [0.3, 0.4) is 0 Å². The lowest BCUT2D eigenvalue weighted by Crippen LogP contribution is -2.24. The third-order valence-corrected chi connectivity index (χ3v) is 3.77. The highest BCUT2D eigenvalue weighted by molar-refractivity contribution is 6.05. The number of hydrogen-bond acceptors (Lipinski definition) is 3. The van der Waals surface area contributed by atoms with Crippen LogP contribution in [0.4, 0.5) is 0 Å². The molecule has 0 spiro atoms. The molecule has 0 saturated heterocycles. The second kappa shape index (κ2) is 7.18. The van der Waals surface area contributed by atoms with Crippen molar-refractivity contribution in [1.82, 2.24) is 20.1 Å². The van der Waals surface area contributed by atoms with E-state index in [1.165, 1.54) is 0 Å². The van der Waals surface area contributed by atoms with Gasteiger partial charge in [0.25, 0.3) is 5.91 Å². The molecule has 0 radical (unpaired) electrons. The lowest BCUT2D eigenvalue weighted by molar-refractivity contribution is 0.0960. The van der Waals surface area contributed by atoms with Crippen LogP contribution in [-0.2, 0) is 0 Å². The molecule has 1 N–H and O–H groups in total. The van der Waals surface area contributed by atoms with Gasteiger partial charge in [-0.3, -0.25) is 4.79 Å². The van der Waals surface area contributed by atoms with Crippen LogP contribution >= 0.6 is 0 Å². The number of nitrogens with one attached hydrogen (secondary N) is 1. The summed E-state index contributed by atoms with van der Waals surface area (Å²) in [6.07, 6.45) is 1.70. The number of carbonyl (C=O) groups is 1. The quantitative estimate of drug-likeness (QED) is 0.750. The van der Waals surface area contributed by atoms with E-state index in [4.69, 9.17) is 0 Å². The van der Waals surface area contributed by atoms with Crippen LogP contribution in [0.1, 0.15) is 41.5 Å². The fourth-order valence-corrected chi connectivity index (χ4v) is 2.60. The first kappa shape index (κ1) is 16.7. The summed E-state index contributed by atoms with van der Waals surface area (Å²) < 4.78 is 1.83. The zero-order valence-corrected chi connectivity index (χ0v) is 14.6. The summed E-state index contributed by atoms with van der Waals surface area (Å²) in [5.74, 6) is 5.83. The number of fused-ring (bicyclic) bond motifs is 1. The maximum absolute atomic E-state index is 12.6. The Morgan fingerprint density at radius 2 is 2.04 bits per heavy atom. The Labute approximate surface area is 147 Å². The Morgan fingerprint density at radius 1 is 1.28 bits per heavy atom. The zero-order chi connectivity index (χ0) is 17.8. The molecule has 0 aliphatic heterocycles. The van der Waals surface area contributed by atoms with E-state index in [2.05, 4.69) is 27.2 Å². The summed E-state index contributed by atoms with van der Waals surface area (Å²) in [6, 6.07) is 11.7. The minimum atomic E-state index is -0.166. The van der Waals surface area contributed by atoms with Gasteiger partial charge < -0.3 is 5.32 Å². The van der Waals surface area contributed by atoms with Crippen LogP contribution in [0, 0.1) is 18.8 Å². The van der Waals surface area contributed by atoms with Crippen LogP contribution in [0.25, 0.3) is 11.0 Å². The lowest BCUT2D eigenvalue weighted by atomic mass is 10.1. The van der Waals surface area contributed by atoms with Crippen molar-refractivity contribution in [3.63, 3.8) is 0 Å². The van der Waals surface area contributed by atoms with Gasteiger partial charge in [-0.05, 0) is 39.0 Å². The maximum atomic E-state index is 12.6. The Morgan fingerprint density at radius 3 is 2.76 bits per heavy atom. The Balaban J connectivity index is 1.80. The van der Waals surface area contributed by atoms with Gasteiger partial charge in [0.15, 0.2) is 5.65 Å². The molecule has 0 aliphatic rings. The normalized spacial score (nSPS) is 10.6. The number of aryl methyl sites for hydroxylation is 1. The monoisotopic (exact) mass is 332 g/mol. The van der Waals surface area contributed by atoms with Gasteiger partial charge in [-0.25, -0.2) is 9.67 Å². The van der Waals surface area contributed by atoms with Gasteiger partial charge in [0.05, 0.1) is 23.7 Å². The van der Waals surface area contributed by atoms with Gasteiger partial charge in [-0.15, -0.1) is 0 Å². The smallest absolute Gasteiger partial charge is 0.252 e. The fourth-order valence-electron chi connectivity index (χ4n) is 2.60. The van der Waals surface area contributed by atoms with E-state index >= 15 is 0 Å². The predicted octanol–water partition coefficient (Wildman–Crippen LogP) is 3.10. The Kier molecular flexibility index (Phi) is 4.80. The molecule has 3 aromatic rings. The number of hydrogen-bond donors (Lipinski definition) is 1. The summed E-state index contributed by atoms with van der Waals surface area (Å²) >= 11 is 0. The first-order valence-electron chi connectivity index (χ1n) is 8.23. The molecule has 2 heterocycles. The average Bonchev–Trinajstić information content (AvgIpc) is 3.02. The average molecular weight is 332 g/mol. The summed E-state index contributed by atoms with van der Waals surface area (Å²) in [6.45, 7) is 6.24. The van der Waals surface area contributed by atoms with E-state index in [1.807, 2.05) is 55.8 Å². The topological polar surface area (TPSA) is 59.8 Å². The molecular weight excluding hydrogens is 312 g/mol. The molecule has 1 amide bonds. The van der Waals surface area contributed by atoms with Crippen LogP contribution in [-0.4, -0.2) is 27.2 Å². The summed E-state index contributed by atoms with van der Waals surface area (Å²) in [4.78, 5) is 17.1.